The minimum Gasteiger partial charge on any atom is -0.504 e. The number of carboxylic acid groups (broad SMARTS) is 1. The third kappa shape index (κ3) is 6.52. The van der Waals surface area contributed by atoms with E-state index < -0.39 is 43.3 Å². The van der Waals surface area contributed by atoms with Crippen molar-refractivity contribution in [3.63, 3.8) is 0 Å². The fourth-order valence-corrected chi connectivity index (χ4v) is 2.68. The molecule has 1 saturated heterocycles. The summed E-state index contributed by atoms with van der Waals surface area (Å²) >= 11 is 0. The second-order valence-corrected chi connectivity index (χ2v) is 6.77. The highest BCUT2D eigenvalue weighted by Crippen LogP contribution is 2.27. The largest absolute Gasteiger partial charge is 0.504 e. The van der Waals surface area contributed by atoms with E-state index in [0.29, 0.717) is 11.1 Å². The van der Waals surface area contributed by atoms with Gasteiger partial charge in [-0.2, -0.15) is 0 Å². The number of aliphatic carboxylic acids is 1. The maximum absolute atomic E-state index is 10.5. The van der Waals surface area contributed by atoms with Crippen molar-refractivity contribution in [2.45, 2.75) is 37.6 Å². The smallest absolute Gasteiger partial charge is 0.328 e. The molecule has 1 fully saturated rings. The van der Waals surface area contributed by atoms with Gasteiger partial charge in [-0.1, -0.05) is 6.07 Å². The van der Waals surface area contributed by atoms with Crippen LogP contribution in [0.3, 0.4) is 0 Å². The summed E-state index contributed by atoms with van der Waals surface area (Å²) in [4.78, 5) is 10.5. The molecule has 10 nitrogen and oxygen atoms in total. The van der Waals surface area contributed by atoms with Crippen LogP contribution in [-0.2, 0) is 14.3 Å². The fourth-order valence-electron chi connectivity index (χ4n) is 2.68. The van der Waals surface area contributed by atoms with Crippen LogP contribution >= 0.6 is 0 Å². The summed E-state index contributed by atoms with van der Waals surface area (Å²) in [6.45, 7) is 1.31. The van der Waals surface area contributed by atoms with E-state index in [9.17, 15) is 25.2 Å². The lowest BCUT2D eigenvalue weighted by atomic mass is 9.99. The lowest BCUT2D eigenvalue weighted by Crippen LogP contribution is -2.59. The summed E-state index contributed by atoms with van der Waals surface area (Å²) in [6.07, 6.45) is -2.74. The van der Waals surface area contributed by atoms with Gasteiger partial charge in [-0.25, -0.2) is 4.79 Å². The first-order valence-corrected chi connectivity index (χ1v) is 9.17. The van der Waals surface area contributed by atoms with Crippen LogP contribution in [0.4, 0.5) is 0 Å². The lowest BCUT2D eigenvalue weighted by molar-refractivity contribution is -0.299. The number of carbonyl (C=O) groups is 1. The van der Waals surface area contributed by atoms with Crippen LogP contribution in [0.5, 0.6) is 11.5 Å². The number of phenols is 1. The SMILES string of the molecule is CC(=CCOc1ccc(C=CC(=O)O)cc1O)COC1OC(CO)C(O)C(O)C1O. The zero-order chi connectivity index (χ0) is 22.3. The monoisotopic (exact) mass is 426 g/mol. The molecular formula is C20H26O10. The van der Waals surface area contributed by atoms with Gasteiger partial charge in [0.15, 0.2) is 17.8 Å². The number of phenolic OH excluding ortho intramolecular Hbond substituents is 1. The van der Waals surface area contributed by atoms with Gasteiger partial charge in [0.05, 0.1) is 13.2 Å². The van der Waals surface area contributed by atoms with Gasteiger partial charge < -0.3 is 44.8 Å². The molecule has 0 saturated carbocycles. The topological polar surface area (TPSA) is 166 Å². The van der Waals surface area contributed by atoms with E-state index in [1.165, 1.54) is 18.2 Å². The van der Waals surface area contributed by atoms with Crippen LogP contribution in [0, 0.1) is 0 Å². The number of aliphatic hydroxyl groups excluding tert-OH is 4. The Bertz CT molecular complexity index is 773. The molecule has 0 radical (unpaired) electrons. The summed E-state index contributed by atoms with van der Waals surface area (Å²) in [6, 6.07) is 4.46. The van der Waals surface area contributed by atoms with Crippen LogP contribution in [0.2, 0.25) is 0 Å². The standard InChI is InChI=1S/C20H26O10/c1-11(10-29-20-19(27)18(26)17(25)15(9-21)30-20)6-7-28-14-4-2-12(8-13(14)22)3-5-16(23)24/h2-6,8,15,17-22,25-27H,7,9-10H2,1H3,(H,23,24). The molecule has 10 heteroatoms. The van der Waals surface area contributed by atoms with Gasteiger partial charge in [-0.15, -0.1) is 0 Å². The quantitative estimate of drug-likeness (QED) is 0.227. The Hall–Kier alpha value is -2.47. The van der Waals surface area contributed by atoms with Crippen LogP contribution in [0.1, 0.15) is 12.5 Å². The molecule has 1 aromatic rings. The molecule has 5 atom stereocenters. The van der Waals surface area contributed by atoms with Crippen molar-refractivity contribution in [2.24, 2.45) is 0 Å². The maximum Gasteiger partial charge on any atom is 0.328 e. The van der Waals surface area contributed by atoms with Gasteiger partial charge in [0, 0.05) is 6.08 Å². The van der Waals surface area contributed by atoms with Gasteiger partial charge in [0.1, 0.15) is 31.0 Å². The molecule has 0 bridgehead atoms. The number of benzene rings is 1. The molecule has 0 aliphatic carbocycles. The molecule has 1 aliphatic heterocycles. The molecule has 1 aliphatic rings. The van der Waals surface area contributed by atoms with Crippen molar-refractivity contribution in [1.29, 1.82) is 0 Å². The molecule has 166 valence electrons. The zero-order valence-electron chi connectivity index (χ0n) is 16.3. The highest BCUT2D eigenvalue weighted by Gasteiger charge is 2.43. The maximum atomic E-state index is 10.5. The summed E-state index contributed by atoms with van der Waals surface area (Å²) in [5, 5.41) is 57.2. The average molecular weight is 426 g/mol. The van der Waals surface area contributed by atoms with E-state index >= 15 is 0 Å². The molecule has 6 N–H and O–H groups in total. The van der Waals surface area contributed by atoms with Crippen molar-refractivity contribution in [3.05, 3.63) is 41.5 Å². The normalized spacial score (nSPS) is 27.4. The van der Waals surface area contributed by atoms with E-state index in [2.05, 4.69) is 0 Å². The highest BCUT2D eigenvalue weighted by atomic mass is 16.7. The molecule has 0 aromatic heterocycles. The van der Waals surface area contributed by atoms with Gasteiger partial charge in [0.2, 0.25) is 0 Å². The Kier molecular flexibility index (Phi) is 8.78. The Morgan fingerprint density at radius 2 is 1.93 bits per heavy atom. The van der Waals surface area contributed by atoms with Crippen molar-refractivity contribution < 1.29 is 49.6 Å². The third-order valence-corrected chi connectivity index (χ3v) is 4.40. The molecule has 1 aromatic carbocycles. The van der Waals surface area contributed by atoms with Gasteiger partial charge >= 0.3 is 5.97 Å². The van der Waals surface area contributed by atoms with Crippen molar-refractivity contribution in [1.82, 2.24) is 0 Å². The Morgan fingerprint density at radius 1 is 1.20 bits per heavy atom. The molecular weight excluding hydrogens is 400 g/mol. The first-order chi connectivity index (χ1) is 14.2. The van der Waals surface area contributed by atoms with E-state index in [4.69, 9.17) is 24.4 Å². The first-order valence-electron chi connectivity index (χ1n) is 9.17. The summed E-state index contributed by atoms with van der Waals surface area (Å²) in [5.41, 5.74) is 1.20. The fraction of sp³-hybridized carbons (Fsp3) is 0.450. The van der Waals surface area contributed by atoms with Crippen LogP contribution in [0.25, 0.3) is 6.08 Å². The third-order valence-electron chi connectivity index (χ3n) is 4.40. The first kappa shape index (κ1) is 23.8. The number of aromatic hydroxyl groups is 1. The van der Waals surface area contributed by atoms with Crippen molar-refractivity contribution >= 4 is 12.0 Å². The number of hydrogen-bond donors (Lipinski definition) is 6. The highest BCUT2D eigenvalue weighted by molar-refractivity contribution is 5.85. The molecule has 2 rings (SSSR count). The minimum absolute atomic E-state index is 0.0248. The Balaban J connectivity index is 1.85. The lowest BCUT2D eigenvalue weighted by Gasteiger charge is -2.39. The van der Waals surface area contributed by atoms with Gasteiger partial charge in [-0.05, 0) is 42.3 Å². The molecule has 0 spiro atoms. The summed E-state index contributed by atoms with van der Waals surface area (Å²) < 4.78 is 16.1. The number of aliphatic hydroxyl groups is 4. The zero-order valence-corrected chi connectivity index (χ0v) is 16.3. The van der Waals surface area contributed by atoms with Crippen LogP contribution < -0.4 is 4.74 Å². The van der Waals surface area contributed by atoms with E-state index in [1.807, 2.05) is 0 Å². The number of hydrogen-bond acceptors (Lipinski definition) is 9. The number of ether oxygens (including phenoxy) is 3. The van der Waals surface area contributed by atoms with Gasteiger partial charge in [0.25, 0.3) is 0 Å². The predicted octanol–water partition coefficient (Wildman–Crippen LogP) is -0.368. The molecule has 5 unspecified atom stereocenters. The predicted molar refractivity (Wildman–Crippen MR) is 104 cm³/mol. The Labute approximate surface area is 172 Å². The van der Waals surface area contributed by atoms with Crippen molar-refractivity contribution in [3.8, 4) is 11.5 Å². The second-order valence-electron chi connectivity index (χ2n) is 6.77. The van der Waals surface area contributed by atoms with E-state index in [0.717, 1.165) is 6.08 Å². The molecule has 30 heavy (non-hydrogen) atoms. The van der Waals surface area contributed by atoms with Crippen molar-refractivity contribution in [2.75, 3.05) is 19.8 Å². The summed E-state index contributed by atoms with van der Waals surface area (Å²) in [5.74, 6) is -1.03. The molecule has 0 amide bonds. The second kappa shape index (κ2) is 11.1. The summed E-state index contributed by atoms with van der Waals surface area (Å²) in [7, 11) is 0. The molecule has 1 heterocycles. The van der Waals surface area contributed by atoms with E-state index in [-0.39, 0.29) is 24.7 Å². The van der Waals surface area contributed by atoms with E-state index in [1.54, 1.807) is 19.1 Å². The van der Waals surface area contributed by atoms with Crippen LogP contribution in [0.15, 0.2) is 35.9 Å². The Morgan fingerprint density at radius 3 is 2.57 bits per heavy atom. The average Bonchev–Trinajstić information content (AvgIpc) is 2.71. The van der Waals surface area contributed by atoms with Crippen LogP contribution in [-0.4, -0.2) is 87.1 Å². The van der Waals surface area contributed by atoms with Gasteiger partial charge in [-0.3, -0.25) is 0 Å². The number of rotatable bonds is 9. The minimum atomic E-state index is -1.51. The number of carboxylic acids is 1.